The summed E-state index contributed by atoms with van der Waals surface area (Å²) in [6.45, 7) is 3.31. The van der Waals surface area contributed by atoms with Gasteiger partial charge in [0.05, 0.1) is 13.2 Å². The average molecular weight is 342 g/mol. The fraction of sp³-hybridized carbons (Fsp3) is 0.882. The topological polar surface area (TPSA) is 84.0 Å². The molecule has 0 saturated heterocycles. The summed E-state index contributed by atoms with van der Waals surface area (Å²) in [4.78, 5) is 16.1. The van der Waals surface area contributed by atoms with Crippen LogP contribution in [0.5, 0.6) is 0 Å². The van der Waals surface area contributed by atoms with E-state index < -0.39 is 0 Å². The molecule has 0 aromatic rings. The second-order valence-corrected chi connectivity index (χ2v) is 6.04. The van der Waals surface area contributed by atoms with Gasteiger partial charge in [0.2, 0.25) is 5.91 Å². The number of amides is 1. The average Bonchev–Trinajstić information content (AvgIpc) is 2.60. The Kier molecular flexibility index (Phi) is 12.1. The van der Waals surface area contributed by atoms with Gasteiger partial charge in [-0.25, -0.2) is 0 Å². The summed E-state index contributed by atoms with van der Waals surface area (Å²) in [5.41, 5.74) is 0. The van der Waals surface area contributed by atoms with Crippen LogP contribution in [0.1, 0.15) is 44.9 Å². The van der Waals surface area contributed by atoms with E-state index in [0.29, 0.717) is 38.8 Å². The zero-order valence-corrected chi connectivity index (χ0v) is 15.2. The fourth-order valence-corrected chi connectivity index (χ4v) is 2.69. The van der Waals surface area contributed by atoms with Crippen LogP contribution in [0.4, 0.5) is 0 Å². The molecule has 0 heterocycles. The number of hydrogen-bond acceptors (Lipinski definition) is 4. The maximum atomic E-state index is 11.9. The molecule has 7 nitrogen and oxygen atoms in total. The number of guanidine groups is 1. The van der Waals surface area contributed by atoms with Gasteiger partial charge in [-0.15, -0.1) is 0 Å². The Morgan fingerprint density at radius 2 is 1.83 bits per heavy atom. The minimum Gasteiger partial charge on any atom is -0.382 e. The third-order valence-electron chi connectivity index (χ3n) is 4.03. The Morgan fingerprint density at radius 1 is 1.08 bits per heavy atom. The number of carbonyl (C=O) groups is 1. The van der Waals surface area contributed by atoms with E-state index in [9.17, 15) is 4.79 Å². The van der Waals surface area contributed by atoms with Gasteiger partial charge in [-0.1, -0.05) is 19.3 Å². The Bertz CT molecular complexity index is 358. The van der Waals surface area contributed by atoms with Gasteiger partial charge in [0.25, 0.3) is 0 Å². The first-order valence-electron chi connectivity index (χ1n) is 9.07. The molecule has 0 atom stereocenters. The largest absolute Gasteiger partial charge is 0.382 e. The quantitative estimate of drug-likeness (QED) is 0.297. The standard InChI is InChI=1S/C17H34N4O3/c1-18-17(19-10-6-12-24-14-13-23-2)20-11-9-16(22)21-15-7-4-3-5-8-15/h15H,3-14H2,1-2H3,(H,21,22)(H2,18,19,20). The third-order valence-corrected chi connectivity index (χ3v) is 4.03. The first-order chi connectivity index (χ1) is 11.8. The molecule has 0 aliphatic heterocycles. The van der Waals surface area contributed by atoms with Crippen LogP contribution in [0.3, 0.4) is 0 Å². The van der Waals surface area contributed by atoms with Gasteiger partial charge in [-0.3, -0.25) is 9.79 Å². The van der Waals surface area contributed by atoms with E-state index in [1.807, 2.05) is 0 Å². The molecule has 1 rings (SSSR count). The van der Waals surface area contributed by atoms with Gasteiger partial charge in [-0.2, -0.15) is 0 Å². The summed E-state index contributed by atoms with van der Waals surface area (Å²) in [5, 5.41) is 9.50. The van der Waals surface area contributed by atoms with Gasteiger partial charge in [0.15, 0.2) is 5.96 Å². The van der Waals surface area contributed by atoms with E-state index >= 15 is 0 Å². The van der Waals surface area contributed by atoms with Crippen LogP contribution in [0, 0.1) is 0 Å². The number of carbonyl (C=O) groups excluding carboxylic acids is 1. The molecule has 1 saturated carbocycles. The first kappa shape index (κ1) is 20.7. The van der Waals surface area contributed by atoms with Crippen molar-refractivity contribution in [3.8, 4) is 0 Å². The van der Waals surface area contributed by atoms with Crippen molar-refractivity contribution in [3.05, 3.63) is 0 Å². The zero-order valence-electron chi connectivity index (χ0n) is 15.2. The van der Waals surface area contributed by atoms with Crippen molar-refractivity contribution in [3.63, 3.8) is 0 Å². The van der Waals surface area contributed by atoms with Crippen LogP contribution in [0.15, 0.2) is 4.99 Å². The zero-order chi connectivity index (χ0) is 17.5. The Hall–Kier alpha value is -1.34. The van der Waals surface area contributed by atoms with Crippen molar-refractivity contribution in [2.75, 3.05) is 47.1 Å². The van der Waals surface area contributed by atoms with E-state index in [4.69, 9.17) is 9.47 Å². The first-order valence-corrected chi connectivity index (χ1v) is 9.07. The van der Waals surface area contributed by atoms with Crippen LogP contribution in [-0.4, -0.2) is 65.0 Å². The SMILES string of the molecule is CN=C(NCCCOCCOC)NCCC(=O)NC1CCCCC1. The van der Waals surface area contributed by atoms with E-state index in [-0.39, 0.29) is 5.91 Å². The Labute approximate surface area is 146 Å². The van der Waals surface area contributed by atoms with Crippen LogP contribution in [0.25, 0.3) is 0 Å². The van der Waals surface area contributed by atoms with Crippen molar-refractivity contribution < 1.29 is 14.3 Å². The lowest BCUT2D eigenvalue weighted by molar-refractivity contribution is -0.121. The molecule has 7 heteroatoms. The highest BCUT2D eigenvalue weighted by Crippen LogP contribution is 2.17. The van der Waals surface area contributed by atoms with E-state index in [1.54, 1.807) is 14.2 Å². The van der Waals surface area contributed by atoms with Gasteiger partial charge in [-0.05, 0) is 19.3 Å². The Morgan fingerprint density at radius 3 is 2.54 bits per heavy atom. The van der Waals surface area contributed by atoms with Gasteiger partial charge >= 0.3 is 0 Å². The highest BCUT2D eigenvalue weighted by atomic mass is 16.5. The molecule has 1 aliphatic rings. The summed E-state index contributed by atoms with van der Waals surface area (Å²) in [6, 6.07) is 0.377. The summed E-state index contributed by atoms with van der Waals surface area (Å²) in [6.07, 6.45) is 7.37. The maximum Gasteiger partial charge on any atom is 0.221 e. The minimum atomic E-state index is 0.122. The molecule has 24 heavy (non-hydrogen) atoms. The Balaban J connectivity index is 2.01. The van der Waals surface area contributed by atoms with Crippen LogP contribution in [0.2, 0.25) is 0 Å². The van der Waals surface area contributed by atoms with Crippen molar-refractivity contribution in [1.82, 2.24) is 16.0 Å². The monoisotopic (exact) mass is 342 g/mol. The number of nitrogens with one attached hydrogen (secondary N) is 3. The van der Waals surface area contributed by atoms with E-state index in [1.165, 1.54) is 19.3 Å². The van der Waals surface area contributed by atoms with Crippen LogP contribution >= 0.6 is 0 Å². The van der Waals surface area contributed by atoms with Crippen LogP contribution in [-0.2, 0) is 14.3 Å². The molecule has 140 valence electrons. The fourth-order valence-electron chi connectivity index (χ4n) is 2.69. The number of hydrogen-bond donors (Lipinski definition) is 3. The minimum absolute atomic E-state index is 0.122. The predicted octanol–water partition coefficient (Wildman–Crippen LogP) is 1.04. The third kappa shape index (κ3) is 10.4. The van der Waals surface area contributed by atoms with Crippen molar-refractivity contribution >= 4 is 11.9 Å². The summed E-state index contributed by atoms with van der Waals surface area (Å²) < 4.78 is 10.3. The van der Waals surface area contributed by atoms with Crippen LogP contribution < -0.4 is 16.0 Å². The molecule has 0 bridgehead atoms. The molecule has 0 unspecified atom stereocenters. The summed E-state index contributed by atoms with van der Waals surface area (Å²) >= 11 is 0. The summed E-state index contributed by atoms with van der Waals surface area (Å²) in [7, 11) is 3.39. The predicted molar refractivity (Wildman–Crippen MR) is 96.3 cm³/mol. The molecule has 0 radical (unpaired) electrons. The number of rotatable bonds is 11. The molecule has 0 aromatic carbocycles. The van der Waals surface area contributed by atoms with E-state index in [0.717, 1.165) is 31.8 Å². The molecular weight excluding hydrogens is 308 g/mol. The second-order valence-electron chi connectivity index (χ2n) is 6.04. The normalized spacial score (nSPS) is 16.0. The molecule has 1 amide bonds. The maximum absolute atomic E-state index is 11.9. The second kappa shape index (κ2) is 14.0. The molecule has 1 fully saturated rings. The lowest BCUT2D eigenvalue weighted by Gasteiger charge is -2.22. The molecule has 1 aliphatic carbocycles. The lowest BCUT2D eigenvalue weighted by Crippen LogP contribution is -2.41. The highest BCUT2D eigenvalue weighted by Gasteiger charge is 2.15. The number of ether oxygens (including phenoxy) is 2. The van der Waals surface area contributed by atoms with Gasteiger partial charge < -0.3 is 25.4 Å². The number of nitrogens with zero attached hydrogens (tertiary/aromatic N) is 1. The van der Waals surface area contributed by atoms with Gasteiger partial charge in [0.1, 0.15) is 0 Å². The number of methoxy groups -OCH3 is 1. The van der Waals surface area contributed by atoms with Crippen molar-refractivity contribution in [1.29, 1.82) is 0 Å². The number of aliphatic imine (C=N–C) groups is 1. The van der Waals surface area contributed by atoms with E-state index in [2.05, 4.69) is 20.9 Å². The molecule has 0 spiro atoms. The van der Waals surface area contributed by atoms with Crippen molar-refractivity contribution in [2.24, 2.45) is 4.99 Å². The highest BCUT2D eigenvalue weighted by molar-refractivity contribution is 5.81. The lowest BCUT2D eigenvalue weighted by atomic mass is 9.95. The molecule has 0 aromatic heterocycles. The summed E-state index contributed by atoms with van der Waals surface area (Å²) in [5.74, 6) is 0.841. The van der Waals surface area contributed by atoms with Crippen molar-refractivity contribution in [2.45, 2.75) is 51.0 Å². The molecule has 3 N–H and O–H groups in total. The smallest absolute Gasteiger partial charge is 0.221 e. The van der Waals surface area contributed by atoms with Gasteiger partial charge in [0, 0.05) is 46.3 Å². The molecular formula is C17H34N4O3.